The van der Waals surface area contributed by atoms with E-state index in [0.717, 1.165) is 0 Å². The summed E-state index contributed by atoms with van der Waals surface area (Å²) in [4.78, 5) is 56.1. The van der Waals surface area contributed by atoms with Gasteiger partial charge in [0, 0.05) is 66.6 Å². The summed E-state index contributed by atoms with van der Waals surface area (Å²) in [6, 6.07) is 44.9. The molecular formula is C60H30Cl8N12. The lowest BCUT2D eigenvalue weighted by Gasteiger charge is -2.12. The van der Waals surface area contributed by atoms with Gasteiger partial charge in [0.05, 0.1) is 45.0 Å². The Morgan fingerprint density at radius 1 is 0.212 bits per heavy atom. The SMILES string of the molecule is Clc1nc(-c2ccccc2)nc(Cl)c1-c1c2nc(c(-c3c(Cl)nc(-c4ccccc4)nc3Cl)c3ccc([nH]3)c(-c3c(Cl)nc(-c4ccccc4)nc3Cl)c3nc(c(-c4c(Cl)nc(-c5ccccc5)nc4Cl)c4ccc1[nH]4)C=C3)C=C2. The number of hydrogen-bond donors (Lipinski definition) is 2. The Hall–Kier alpha value is -7.88. The average molecular weight is 1200 g/mol. The predicted molar refractivity (Wildman–Crippen MR) is 325 cm³/mol. The number of hydrogen-bond acceptors (Lipinski definition) is 10. The van der Waals surface area contributed by atoms with Gasteiger partial charge in [0.2, 0.25) is 0 Å². The molecule has 2 aliphatic heterocycles. The molecule has 9 heterocycles. The van der Waals surface area contributed by atoms with Crippen LogP contribution < -0.4 is 0 Å². The second kappa shape index (κ2) is 21.3. The molecule has 12 nitrogen and oxygen atoms in total. The van der Waals surface area contributed by atoms with Crippen molar-refractivity contribution >= 4 is 139 Å². The summed E-state index contributed by atoms with van der Waals surface area (Å²) >= 11 is 58.2. The van der Waals surface area contributed by atoms with Crippen LogP contribution in [-0.4, -0.2) is 59.8 Å². The van der Waals surface area contributed by atoms with Crippen molar-refractivity contribution in [3.63, 3.8) is 0 Å². The molecule has 0 unspecified atom stereocenters. The van der Waals surface area contributed by atoms with E-state index in [9.17, 15) is 0 Å². The number of fused-ring (bicyclic) bond motifs is 8. The summed E-state index contributed by atoms with van der Waals surface area (Å²) in [7, 11) is 0. The lowest BCUT2D eigenvalue weighted by Crippen LogP contribution is -1.98. The topological polar surface area (TPSA) is 160 Å². The number of nitrogens with one attached hydrogen (secondary N) is 2. The van der Waals surface area contributed by atoms with E-state index < -0.39 is 0 Å². The van der Waals surface area contributed by atoms with Crippen LogP contribution in [0.25, 0.3) is 136 Å². The highest BCUT2D eigenvalue weighted by molar-refractivity contribution is 6.41. The highest BCUT2D eigenvalue weighted by Gasteiger charge is 2.28. The van der Waals surface area contributed by atoms with Crippen molar-refractivity contribution < 1.29 is 0 Å². The van der Waals surface area contributed by atoms with E-state index in [4.69, 9.17) is 143 Å². The van der Waals surface area contributed by atoms with Crippen molar-refractivity contribution in [2.45, 2.75) is 0 Å². The Morgan fingerprint density at radius 3 is 0.588 bits per heavy atom. The van der Waals surface area contributed by atoms with Gasteiger partial charge in [-0.3, -0.25) is 0 Å². The van der Waals surface area contributed by atoms with Crippen molar-refractivity contribution in [2.75, 3.05) is 0 Å². The molecule has 4 aromatic carbocycles. The Balaban J connectivity index is 1.17. The molecular weight excluding hydrogens is 1170 g/mol. The van der Waals surface area contributed by atoms with Gasteiger partial charge in [0.1, 0.15) is 41.2 Å². The molecule has 11 aromatic rings. The molecule has 0 aliphatic carbocycles. The van der Waals surface area contributed by atoms with Crippen LogP contribution in [0.3, 0.4) is 0 Å². The first-order valence-electron chi connectivity index (χ1n) is 24.3. The highest BCUT2D eigenvalue weighted by atomic mass is 35.5. The van der Waals surface area contributed by atoms with E-state index in [1.165, 1.54) is 0 Å². The monoisotopic (exact) mass is 1200 g/mol. The summed E-state index contributed by atoms with van der Waals surface area (Å²) in [5.41, 5.74) is 9.09. The molecule has 7 aromatic heterocycles. The average Bonchev–Trinajstić information content (AvgIpc) is 4.34. The summed E-state index contributed by atoms with van der Waals surface area (Å²) in [6.45, 7) is 0. The van der Waals surface area contributed by atoms with E-state index in [2.05, 4.69) is 9.97 Å². The van der Waals surface area contributed by atoms with Gasteiger partial charge >= 0.3 is 0 Å². The van der Waals surface area contributed by atoms with Crippen molar-refractivity contribution in [2.24, 2.45) is 0 Å². The van der Waals surface area contributed by atoms with Crippen LogP contribution in [0.4, 0.5) is 0 Å². The Kier molecular flexibility index (Phi) is 13.7. The minimum Gasteiger partial charge on any atom is -0.354 e. The van der Waals surface area contributed by atoms with Crippen LogP contribution >= 0.6 is 92.8 Å². The van der Waals surface area contributed by atoms with Crippen molar-refractivity contribution in [3.05, 3.63) is 210 Å². The van der Waals surface area contributed by atoms with Crippen LogP contribution in [-0.2, 0) is 0 Å². The maximum atomic E-state index is 7.28. The molecule has 80 heavy (non-hydrogen) atoms. The third-order valence-electron chi connectivity index (χ3n) is 13.2. The summed E-state index contributed by atoms with van der Waals surface area (Å²) in [5, 5.41) is 0.384. The Morgan fingerprint density at radius 2 is 0.400 bits per heavy atom. The van der Waals surface area contributed by atoms with Gasteiger partial charge < -0.3 is 9.97 Å². The third kappa shape index (κ3) is 9.47. The minimum atomic E-state index is 0.0480. The fourth-order valence-corrected chi connectivity index (χ4v) is 11.9. The lowest BCUT2D eigenvalue weighted by atomic mass is 10.1. The van der Waals surface area contributed by atoms with Gasteiger partial charge in [-0.05, 0) is 48.6 Å². The van der Waals surface area contributed by atoms with Crippen LogP contribution in [0.5, 0.6) is 0 Å². The molecule has 2 aliphatic rings. The largest absolute Gasteiger partial charge is 0.354 e. The van der Waals surface area contributed by atoms with Gasteiger partial charge in [-0.2, -0.15) is 0 Å². The lowest BCUT2D eigenvalue weighted by molar-refractivity contribution is 1.17. The maximum Gasteiger partial charge on any atom is 0.162 e. The molecule has 20 heteroatoms. The molecule has 0 saturated carbocycles. The van der Waals surface area contributed by atoms with E-state index in [1.807, 2.05) is 170 Å². The first kappa shape index (κ1) is 51.6. The molecule has 0 fully saturated rings. The Labute approximate surface area is 494 Å². The fraction of sp³-hybridized carbons (Fsp3) is 0. The minimum absolute atomic E-state index is 0.0480. The normalized spacial score (nSPS) is 11.9. The van der Waals surface area contributed by atoms with Gasteiger partial charge in [0.15, 0.2) is 23.3 Å². The van der Waals surface area contributed by atoms with Crippen LogP contribution in [0, 0.1) is 0 Å². The Bertz CT molecular complexity index is 3910. The maximum absolute atomic E-state index is 7.28. The zero-order chi connectivity index (χ0) is 54.8. The summed E-state index contributed by atoms with van der Waals surface area (Å²) < 4.78 is 0. The second-order valence-corrected chi connectivity index (χ2v) is 20.8. The van der Waals surface area contributed by atoms with Gasteiger partial charge in [-0.25, -0.2) is 49.8 Å². The fourth-order valence-electron chi connectivity index (χ4n) is 9.58. The first-order chi connectivity index (χ1) is 38.9. The standard InChI is InChI=1S/C60H30Cl8N12/c61-49-45(50(62)74-57(73-49)29-13-5-1-6-14-29)41-33-21-23-35(69-33)42(46-51(63)75-58(76-52(46)64)30-15-7-2-8-16-30)37-25-27-39(71-37)44(48-55(67)79-60(80-56(48)68)32-19-11-4-12-20-32)40-28-26-38(72-40)43(36-24-22-34(41)70-36)47-53(65)77-59(78-54(47)66)31-17-9-3-10-18-31/h1-28,69,72H. The molecule has 0 saturated heterocycles. The number of aromatic amines is 2. The van der Waals surface area contributed by atoms with Gasteiger partial charge in [-0.1, -0.05) is 214 Å². The summed E-state index contributed by atoms with van der Waals surface area (Å²) in [5.74, 6) is 1.27. The van der Waals surface area contributed by atoms with Crippen LogP contribution in [0.1, 0.15) is 22.8 Å². The zero-order valence-electron chi connectivity index (χ0n) is 40.7. The molecule has 0 amide bonds. The molecule has 2 N–H and O–H groups in total. The van der Waals surface area contributed by atoms with Crippen molar-refractivity contribution in [1.29, 1.82) is 0 Å². The van der Waals surface area contributed by atoms with Gasteiger partial charge in [0.25, 0.3) is 0 Å². The highest BCUT2D eigenvalue weighted by Crippen LogP contribution is 2.46. The molecule has 0 spiro atoms. The smallest absolute Gasteiger partial charge is 0.162 e. The molecule has 0 radical (unpaired) electrons. The molecule has 386 valence electrons. The van der Waals surface area contributed by atoms with E-state index in [0.29, 0.717) is 113 Å². The predicted octanol–water partition coefficient (Wildman–Crippen LogP) is 18.4. The van der Waals surface area contributed by atoms with Gasteiger partial charge in [-0.15, -0.1) is 0 Å². The summed E-state index contributed by atoms with van der Waals surface area (Å²) in [6.07, 6.45) is 7.25. The van der Waals surface area contributed by atoms with Crippen LogP contribution in [0.15, 0.2) is 146 Å². The van der Waals surface area contributed by atoms with E-state index in [1.54, 1.807) is 0 Å². The molecule has 8 bridgehead atoms. The second-order valence-electron chi connectivity index (χ2n) is 18.0. The quantitative estimate of drug-likeness (QED) is 0.140. The first-order valence-corrected chi connectivity index (χ1v) is 27.3. The molecule has 13 rings (SSSR count). The number of H-pyrrole nitrogens is 2. The zero-order valence-corrected chi connectivity index (χ0v) is 46.7. The number of aromatic nitrogens is 12. The number of benzene rings is 4. The van der Waals surface area contributed by atoms with Crippen LogP contribution in [0.2, 0.25) is 41.2 Å². The molecule has 0 atom stereocenters. The number of halogens is 8. The van der Waals surface area contributed by atoms with Crippen molar-refractivity contribution in [3.8, 4) is 90.1 Å². The van der Waals surface area contributed by atoms with Crippen molar-refractivity contribution in [1.82, 2.24) is 59.8 Å². The third-order valence-corrected chi connectivity index (χ3v) is 15.4. The van der Waals surface area contributed by atoms with E-state index >= 15 is 0 Å². The van der Waals surface area contributed by atoms with E-state index in [-0.39, 0.29) is 63.5 Å². The number of nitrogens with zero attached hydrogens (tertiary/aromatic N) is 10. The number of rotatable bonds is 8.